The van der Waals surface area contributed by atoms with Crippen LogP contribution in [0.1, 0.15) is 210 Å². The van der Waals surface area contributed by atoms with Gasteiger partial charge in [-0.3, -0.25) is 0 Å². The number of sulfonamides is 4. The molecule has 0 amide bonds. The smallest absolute Gasteiger partial charge is 0.245 e. The molecule has 2 rings (SSSR count). The second-order valence-electron chi connectivity index (χ2n) is 26.4. The Morgan fingerprint density at radius 3 is 0.856 bits per heavy atom. The molecule has 2 aliphatic heterocycles. The highest BCUT2D eigenvalue weighted by Gasteiger charge is 2.92. The van der Waals surface area contributed by atoms with Crippen LogP contribution < -0.4 is 0 Å². The average molecular weight is 1790 g/mol. The first-order valence-electron chi connectivity index (χ1n) is 34.1. The third-order valence-corrected chi connectivity index (χ3v) is 24.7. The van der Waals surface area contributed by atoms with Gasteiger partial charge in [-0.1, -0.05) is 131 Å². The third kappa shape index (κ3) is 25.4. The van der Waals surface area contributed by atoms with Gasteiger partial charge in [-0.25, -0.2) is 43.1 Å². The zero-order valence-corrected chi connectivity index (χ0v) is 64.5. The number of halogens is 34. The van der Waals surface area contributed by atoms with E-state index < -0.39 is 206 Å². The van der Waals surface area contributed by atoms with Crippen molar-refractivity contribution in [1.82, 2.24) is 17.2 Å². The summed E-state index contributed by atoms with van der Waals surface area (Å²) < 4.78 is 556. The Bertz CT molecular complexity index is 3230. The average Bonchev–Trinajstić information content (AvgIpc) is 0.691. The molecule has 0 aliphatic carbocycles. The van der Waals surface area contributed by atoms with Crippen LogP contribution in [-0.2, 0) is 49.6 Å². The Morgan fingerprint density at radius 2 is 0.577 bits per heavy atom. The first-order chi connectivity index (χ1) is 49.3. The Balaban J connectivity index is 0. The van der Waals surface area contributed by atoms with Crippen LogP contribution in [0, 0.1) is 11.8 Å². The lowest BCUT2D eigenvalue weighted by Gasteiger charge is -2.41. The van der Waals surface area contributed by atoms with Crippen LogP contribution in [0.4, 0.5) is 149 Å². The van der Waals surface area contributed by atoms with Crippen molar-refractivity contribution >= 4 is 40.1 Å². The molecule has 2 heterocycles. The van der Waals surface area contributed by atoms with Crippen LogP contribution in [0.5, 0.6) is 0 Å². The van der Waals surface area contributed by atoms with Crippen LogP contribution in [0.2, 0.25) is 0 Å². The van der Waals surface area contributed by atoms with Gasteiger partial charge in [0.05, 0.1) is 0 Å². The molecule has 2 saturated heterocycles. The number of hydrogen-bond donors (Lipinski definition) is 0. The zero-order chi connectivity index (χ0) is 88.6. The monoisotopic (exact) mass is 1790 g/mol. The van der Waals surface area contributed by atoms with Crippen LogP contribution in [0.25, 0.3) is 0 Å². The third-order valence-electron chi connectivity index (χ3n) is 17.0. The van der Waals surface area contributed by atoms with Crippen LogP contribution >= 0.6 is 0 Å². The molecule has 2 unspecified atom stereocenters. The second kappa shape index (κ2) is 40.3. The van der Waals surface area contributed by atoms with E-state index in [-0.39, 0.29) is 82.8 Å². The quantitative estimate of drug-likeness (QED) is 0.0423. The van der Waals surface area contributed by atoms with Gasteiger partial charge in [0, 0.05) is 80.1 Å². The number of nitrogens with zero attached hydrogens (tertiary/aromatic N) is 4. The molecule has 0 radical (unpaired) electrons. The summed E-state index contributed by atoms with van der Waals surface area (Å²) in [7, 11) is -25.1. The summed E-state index contributed by atoms with van der Waals surface area (Å²) in [5, 5.41) is -25.3. The molecule has 2 aliphatic rings. The van der Waals surface area contributed by atoms with Gasteiger partial charge in [0.1, 0.15) is 0 Å². The molecule has 14 nitrogen and oxygen atoms in total. The lowest BCUT2D eigenvalue weighted by Crippen LogP contribution is -2.72. The van der Waals surface area contributed by atoms with E-state index in [1.165, 1.54) is 0 Å². The van der Waals surface area contributed by atoms with E-state index in [2.05, 4.69) is 9.47 Å². The molecule has 670 valence electrons. The van der Waals surface area contributed by atoms with Crippen molar-refractivity contribution in [2.45, 2.75) is 309 Å². The Hall–Kier alpha value is -2.82. The van der Waals surface area contributed by atoms with Crippen molar-refractivity contribution in [3.05, 3.63) is 0 Å². The van der Waals surface area contributed by atoms with Crippen molar-refractivity contribution in [3.8, 4) is 0 Å². The maximum absolute atomic E-state index is 14.5. The van der Waals surface area contributed by atoms with Crippen molar-refractivity contribution in [1.29, 1.82) is 0 Å². The fourth-order valence-corrected chi connectivity index (χ4v) is 15.6. The Labute approximate surface area is 621 Å². The lowest BCUT2D eigenvalue weighted by molar-refractivity contribution is -0.453. The maximum atomic E-state index is 14.5. The molecule has 2 atom stereocenters. The van der Waals surface area contributed by atoms with E-state index in [9.17, 15) is 183 Å². The highest BCUT2D eigenvalue weighted by molar-refractivity contribution is 7.91. The first-order valence-corrected chi connectivity index (χ1v) is 39.9. The summed E-state index contributed by atoms with van der Waals surface area (Å²) in [6.45, 7) is 3.92. The molecule has 52 heteroatoms. The molecule has 0 bridgehead atoms. The SMILES string of the molecule is CC(F)(F)C(F)(F)C(F)(F)C(F)(F)C(F)(F)C(F)(F)S(=O)(=O)N1CCCCC1.CC(F)(F)C(F)(F)OC(F)(F)C(F)(F)S(=O)(=O)N1CCCCC1.CCCCC(CC)CN(CC(CC)CCCC)S(=O)(=O)C(F)(F)C(F)(F)C(C)(F)F.CCCCCCN(CCCCCC)S(=O)(=O)C(F)(F)C(F)(F)OC(F)(F)C(C)(F)F. The zero-order valence-electron chi connectivity index (χ0n) is 61.2. The topological polar surface area (TPSA) is 168 Å². The molecule has 0 aromatic heterocycles. The highest BCUT2D eigenvalue weighted by Crippen LogP contribution is 2.62. The number of piperidine rings is 2. The van der Waals surface area contributed by atoms with Gasteiger partial charge in [0.25, 0.3) is 40.1 Å². The molecule has 0 spiro atoms. The summed E-state index contributed by atoms with van der Waals surface area (Å²) in [6.07, 6.45) is -15.4. The minimum absolute atomic E-state index is 0.00397. The van der Waals surface area contributed by atoms with Gasteiger partial charge in [-0.2, -0.15) is 166 Å². The molecule has 111 heavy (non-hydrogen) atoms. The summed E-state index contributed by atoms with van der Waals surface area (Å²) in [5.41, 5.74) is 0. The predicted molar refractivity (Wildman–Crippen MR) is 334 cm³/mol. The molecule has 0 saturated carbocycles. The molecule has 2 fully saturated rings. The van der Waals surface area contributed by atoms with E-state index >= 15 is 0 Å². The minimum atomic E-state index is -7.88. The number of unbranched alkanes of at least 4 members (excludes halogenated alkanes) is 8. The van der Waals surface area contributed by atoms with Crippen LogP contribution in [-0.4, -0.2) is 202 Å². The van der Waals surface area contributed by atoms with Gasteiger partial charge in [0.15, 0.2) is 0 Å². The Kier molecular flexibility index (Phi) is 40.0. The largest absolute Gasteiger partial charge is 0.448 e. The van der Waals surface area contributed by atoms with Gasteiger partial charge < -0.3 is 0 Å². The summed E-state index contributed by atoms with van der Waals surface area (Å²) in [5.74, 6) is -58.9. The number of alkyl halides is 34. The van der Waals surface area contributed by atoms with Gasteiger partial charge >= 0.3 is 98.8 Å². The fourth-order valence-electron chi connectivity index (χ4n) is 9.68. The lowest BCUT2D eigenvalue weighted by atomic mass is 9.95. The van der Waals surface area contributed by atoms with E-state index in [1.54, 1.807) is 13.8 Å². The van der Waals surface area contributed by atoms with E-state index in [0.29, 0.717) is 62.1 Å². The predicted octanol–water partition coefficient (Wildman–Crippen LogP) is 21.0. The minimum Gasteiger partial charge on any atom is -0.245 e. The number of ether oxygens (including phenoxy) is 2. The summed E-state index contributed by atoms with van der Waals surface area (Å²) >= 11 is 0. The first kappa shape index (κ1) is 110. The fraction of sp³-hybridized carbons (Fsp3) is 1.00. The van der Waals surface area contributed by atoms with Crippen molar-refractivity contribution in [2.75, 3.05) is 52.4 Å². The maximum Gasteiger partial charge on any atom is 0.448 e. The van der Waals surface area contributed by atoms with Gasteiger partial charge in [0.2, 0.25) is 0 Å². The van der Waals surface area contributed by atoms with Gasteiger partial charge in [-0.05, 0) is 63.2 Å². The number of rotatable bonds is 45. The van der Waals surface area contributed by atoms with E-state index in [4.69, 9.17) is 0 Å². The van der Waals surface area contributed by atoms with Gasteiger partial charge in [-0.15, -0.1) is 0 Å². The summed E-state index contributed by atoms with van der Waals surface area (Å²) in [4.78, 5) is 0. The molecular formula is C59H92F34N4O10S4. The van der Waals surface area contributed by atoms with Crippen LogP contribution in [0.3, 0.4) is 0 Å². The van der Waals surface area contributed by atoms with E-state index in [0.717, 1.165) is 38.5 Å². The molecule has 0 aromatic rings. The molecular weight excluding hydrogens is 1700 g/mol. The molecule has 0 N–H and O–H groups in total. The van der Waals surface area contributed by atoms with Crippen molar-refractivity contribution < 1.29 is 192 Å². The van der Waals surface area contributed by atoms with Crippen molar-refractivity contribution in [2.24, 2.45) is 11.8 Å². The number of hydrogen-bond acceptors (Lipinski definition) is 10. The van der Waals surface area contributed by atoms with E-state index in [1.807, 2.05) is 27.7 Å². The molecule has 0 aromatic carbocycles. The Morgan fingerprint density at radius 1 is 0.297 bits per heavy atom. The summed E-state index contributed by atoms with van der Waals surface area (Å²) in [6, 6.07) is 0. The standard InChI is InChI=1S/C20H37F6NO2S.C17H29F8NO3S.C12H13F12NO2S.C10H13F8NO3S/c1-6-10-12-16(8-3)14-27(15-17(9-4)13-11-7-2)30(28,29)20(25,26)19(23,24)18(5,21)22;1-4-6-8-10-12-26(13-11-9-7-5-2)30(27,28)17(24,25)16(22,23)29-15(20,21)14(3,18)19;1-7(13,14)8(15,16)9(17,18)10(19,20)11(21,22)12(23,24)28(26,27)25-5-3-2-4-6-25;1-7(11,12)8(13,14)22-9(15,16)10(17,18)23(20,21)19-5-3-2-4-6-19/h16-17H,6-15H2,1-5H3;4-13H2,1-3H3;2-6H2,1H3;2-6H2,1H3. The van der Waals surface area contributed by atoms with Crippen molar-refractivity contribution in [3.63, 3.8) is 0 Å². The van der Waals surface area contributed by atoms with Crippen LogP contribution in [0.15, 0.2) is 0 Å². The normalized spacial score (nSPS) is 17.4. The highest BCUT2D eigenvalue weighted by atomic mass is 32.2. The second-order valence-corrected chi connectivity index (χ2v) is 34.3.